The third-order valence-electron chi connectivity index (χ3n) is 3.61. The van der Waals surface area contributed by atoms with Crippen molar-refractivity contribution in [3.63, 3.8) is 0 Å². The van der Waals surface area contributed by atoms with Crippen LogP contribution in [0.2, 0.25) is 0 Å². The molecule has 0 fully saturated rings. The lowest BCUT2D eigenvalue weighted by molar-refractivity contribution is -0.370. The van der Waals surface area contributed by atoms with E-state index in [2.05, 4.69) is 15.6 Å². The zero-order chi connectivity index (χ0) is 17.6. The molecule has 1 heterocycles. The Morgan fingerprint density at radius 2 is 1.44 bits per heavy atom. The van der Waals surface area contributed by atoms with Crippen LogP contribution in [-0.2, 0) is 0 Å². The number of carbonyl (C=O) groups excluding carboxylic acids is 2. The number of H-pyrrole nitrogens is 1. The number of benzene rings is 2. The summed E-state index contributed by atoms with van der Waals surface area (Å²) in [5.74, 6) is 0.145. The second kappa shape index (κ2) is 7.40. The largest absolute Gasteiger partial charge is 0.339 e. The molecule has 3 rings (SSSR count). The molecule has 0 unspecified atom stereocenters. The lowest BCUT2D eigenvalue weighted by Crippen LogP contribution is -2.21. The number of carbonyl (C=O) groups is 2. The third-order valence-corrected chi connectivity index (χ3v) is 3.61. The number of hydrogen-bond donors (Lipinski definition) is 2. The van der Waals surface area contributed by atoms with Crippen LogP contribution in [0.25, 0.3) is 0 Å². The minimum Gasteiger partial charge on any atom is -0.322 e. The molecule has 0 spiro atoms. The average molecular weight is 332 g/mol. The van der Waals surface area contributed by atoms with Gasteiger partial charge in [-0.25, -0.2) is 15.1 Å². The van der Waals surface area contributed by atoms with E-state index in [1.807, 2.05) is 25.1 Å². The maximum Gasteiger partial charge on any atom is 0.339 e. The number of hydrogen-bond acceptors (Lipinski definition) is 2. The Morgan fingerprint density at radius 3 is 2.20 bits per heavy atom. The zero-order valence-corrected chi connectivity index (χ0v) is 13.7. The predicted octanol–water partition coefficient (Wildman–Crippen LogP) is 3.31. The van der Waals surface area contributed by atoms with Crippen LogP contribution >= 0.6 is 0 Å². The van der Waals surface area contributed by atoms with Crippen molar-refractivity contribution in [2.75, 3.05) is 10.6 Å². The topological polar surface area (TPSA) is 72.3 Å². The number of aryl methyl sites for hydroxylation is 1. The fourth-order valence-electron chi connectivity index (χ4n) is 2.38. The Labute approximate surface area is 145 Å². The molecule has 3 N–H and O–H groups in total. The van der Waals surface area contributed by atoms with E-state index in [9.17, 15) is 9.59 Å². The second-order valence-electron chi connectivity index (χ2n) is 5.60. The first-order valence-corrected chi connectivity index (χ1v) is 7.88. The summed E-state index contributed by atoms with van der Waals surface area (Å²) in [6.07, 6.45) is 0. The Kier molecular flexibility index (Phi) is 4.85. The van der Waals surface area contributed by atoms with Gasteiger partial charge >= 0.3 is 5.91 Å². The molecule has 2 aromatic carbocycles. The first kappa shape index (κ1) is 16.4. The minimum absolute atomic E-state index is 0.217. The fraction of sp³-hybridized carbons (Fsp3) is 0.0500. The molecule has 5 heteroatoms. The van der Waals surface area contributed by atoms with Gasteiger partial charge in [0.25, 0.3) is 11.7 Å². The maximum absolute atomic E-state index is 12.4. The SMILES string of the molecule is Cc1cccc(NC(=O)c2cccc(NC(=O)c3ccccc3)c2)[nH+]1. The highest BCUT2D eigenvalue weighted by Gasteiger charge is 2.14. The number of aromatic nitrogens is 1. The van der Waals surface area contributed by atoms with Crippen molar-refractivity contribution < 1.29 is 14.6 Å². The zero-order valence-electron chi connectivity index (χ0n) is 13.7. The van der Waals surface area contributed by atoms with Gasteiger partial charge in [-0.3, -0.25) is 4.79 Å². The van der Waals surface area contributed by atoms with Crippen LogP contribution < -0.4 is 15.6 Å². The highest BCUT2D eigenvalue weighted by Crippen LogP contribution is 2.13. The van der Waals surface area contributed by atoms with E-state index in [4.69, 9.17) is 0 Å². The van der Waals surface area contributed by atoms with Gasteiger partial charge in [-0.2, -0.15) is 0 Å². The van der Waals surface area contributed by atoms with E-state index in [1.54, 1.807) is 54.6 Å². The van der Waals surface area contributed by atoms with E-state index in [0.717, 1.165) is 5.69 Å². The van der Waals surface area contributed by atoms with E-state index < -0.39 is 0 Å². The van der Waals surface area contributed by atoms with Crippen molar-refractivity contribution >= 4 is 23.3 Å². The molecule has 0 saturated heterocycles. The Balaban J connectivity index is 1.72. The van der Waals surface area contributed by atoms with Crippen molar-refractivity contribution in [3.05, 3.63) is 89.6 Å². The Morgan fingerprint density at radius 1 is 0.760 bits per heavy atom. The number of anilines is 2. The van der Waals surface area contributed by atoms with Gasteiger partial charge < -0.3 is 5.32 Å². The van der Waals surface area contributed by atoms with Gasteiger partial charge in [-0.1, -0.05) is 30.3 Å². The van der Waals surface area contributed by atoms with Gasteiger partial charge in [0.1, 0.15) is 0 Å². The quantitative estimate of drug-likeness (QED) is 0.769. The van der Waals surface area contributed by atoms with Crippen molar-refractivity contribution in [3.8, 4) is 0 Å². The summed E-state index contributed by atoms with van der Waals surface area (Å²) in [5, 5.41) is 5.60. The molecule has 2 amide bonds. The first-order valence-electron chi connectivity index (χ1n) is 7.88. The predicted molar refractivity (Wildman–Crippen MR) is 96.5 cm³/mol. The van der Waals surface area contributed by atoms with Crippen molar-refractivity contribution in [2.24, 2.45) is 0 Å². The average Bonchev–Trinajstić information content (AvgIpc) is 2.62. The molecule has 0 radical (unpaired) electrons. The first-order chi connectivity index (χ1) is 12.1. The molecule has 0 aliphatic rings. The van der Waals surface area contributed by atoms with Gasteiger partial charge in [0.05, 0.1) is 11.3 Å². The molecular formula is C20H18N3O2+. The standard InChI is InChI=1S/C20H17N3O2/c1-14-7-5-12-18(21-14)23-20(25)16-10-6-11-17(13-16)22-19(24)15-8-3-2-4-9-15/h2-13H,1H3,(H,22,24)(H,21,23,25)/p+1. The summed E-state index contributed by atoms with van der Waals surface area (Å²) in [4.78, 5) is 27.7. The number of aromatic amines is 1. The second-order valence-corrected chi connectivity index (χ2v) is 5.60. The number of nitrogens with one attached hydrogen (secondary N) is 3. The van der Waals surface area contributed by atoms with E-state index in [1.165, 1.54) is 0 Å². The monoisotopic (exact) mass is 332 g/mol. The molecular weight excluding hydrogens is 314 g/mol. The van der Waals surface area contributed by atoms with Gasteiger partial charge in [0.15, 0.2) is 0 Å². The lowest BCUT2D eigenvalue weighted by Gasteiger charge is -2.06. The van der Waals surface area contributed by atoms with E-state index in [-0.39, 0.29) is 11.8 Å². The molecule has 3 aromatic rings. The molecule has 25 heavy (non-hydrogen) atoms. The van der Waals surface area contributed by atoms with Crippen molar-refractivity contribution in [1.29, 1.82) is 0 Å². The molecule has 124 valence electrons. The summed E-state index contributed by atoms with van der Waals surface area (Å²) >= 11 is 0. The highest BCUT2D eigenvalue weighted by molar-refractivity contribution is 6.07. The summed E-state index contributed by atoms with van der Waals surface area (Å²) in [5.41, 5.74) is 2.53. The number of rotatable bonds is 4. The van der Waals surface area contributed by atoms with Crippen LogP contribution in [0.3, 0.4) is 0 Å². The van der Waals surface area contributed by atoms with Gasteiger partial charge in [-0.15, -0.1) is 0 Å². The summed E-state index contributed by atoms with van der Waals surface area (Å²) in [6.45, 7) is 1.91. The molecule has 0 atom stereocenters. The molecule has 0 aliphatic carbocycles. The number of pyridine rings is 1. The number of amides is 2. The van der Waals surface area contributed by atoms with Crippen LogP contribution in [0.15, 0.2) is 72.8 Å². The maximum atomic E-state index is 12.4. The molecule has 0 aliphatic heterocycles. The molecule has 5 nitrogen and oxygen atoms in total. The van der Waals surface area contributed by atoms with E-state index in [0.29, 0.717) is 22.6 Å². The highest BCUT2D eigenvalue weighted by atomic mass is 16.2. The normalized spacial score (nSPS) is 10.1. The van der Waals surface area contributed by atoms with Crippen LogP contribution in [0.1, 0.15) is 26.4 Å². The molecule has 0 bridgehead atoms. The third kappa shape index (κ3) is 4.29. The lowest BCUT2D eigenvalue weighted by atomic mass is 10.1. The molecule has 1 aromatic heterocycles. The smallest absolute Gasteiger partial charge is 0.322 e. The molecule has 0 saturated carbocycles. The van der Waals surface area contributed by atoms with Crippen molar-refractivity contribution in [2.45, 2.75) is 6.92 Å². The Hall–Kier alpha value is -3.47. The fourth-order valence-corrected chi connectivity index (χ4v) is 2.38. The summed E-state index contributed by atoms with van der Waals surface area (Å²) in [6, 6.07) is 21.3. The van der Waals surface area contributed by atoms with Crippen molar-refractivity contribution in [1.82, 2.24) is 0 Å². The van der Waals surface area contributed by atoms with Gasteiger partial charge in [0.2, 0.25) is 0 Å². The van der Waals surface area contributed by atoms with Crippen LogP contribution in [0.4, 0.5) is 11.5 Å². The van der Waals surface area contributed by atoms with Gasteiger partial charge in [0, 0.05) is 17.3 Å². The Bertz CT molecular complexity index is 908. The van der Waals surface area contributed by atoms with Gasteiger partial charge in [-0.05, 0) is 43.3 Å². The van der Waals surface area contributed by atoms with E-state index >= 15 is 0 Å². The summed E-state index contributed by atoms with van der Waals surface area (Å²) in [7, 11) is 0. The van der Waals surface area contributed by atoms with Crippen LogP contribution in [-0.4, -0.2) is 11.8 Å². The van der Waals surface area contributed by atoms with Crippen LogP contribution in [0.5, 0.6) is 0 Å². The minimum atomic E-state index is -0.252. The van der Waals surface area contributed by atoms with Crippen LogP contribution in [0, 0.1) is 6.92 Å². The summed E-state index contributed by atoms with van der Waals surface area (Å²) < 4.78 is 0.